The normalized spacial score (nSPS) is 13.5. The molecular formula is C45H50FN7O9S. The first kappa shape index (κ1) is 45.7. The molecule has 63 heavy (non-hydrogen) atoms. The number of nitrogens with zero attached hydrogens (tertiary/aromatic N) is 3. The number of aryl methyl sites for hydroxylation is 1. The predicted octanol–water partition coefficient (Wildman–Crippen LogP) is 5.47. The van der Waals surface area contributed by atoms with Crippen molar-refractivity contribution in [2.75, 3.05) is 42.9 Å². The number of ether oxygens (including phenoxy) is 2. The van der Waals surface area contributed by atoms with E-state index in [0.29, 0.717) is 49.1 Å². The smallest absolute Gasteiger partial charge is 0.410 e. The van der Waals surface area contributed by atoms with Crippen molar-refractivity contribution in [1.82, 2.24) is 20.1 Å². The lowest BCUT2D eigenvalue weighted by Gasteiger charge is -2.35. The number of nitrogens with one attached hydrogen (secondary N) is 3. The van der Waals surface area contributed by atoms with Crippen LogP contribution in [0.1, 0.15) is 52.5 Å². The van der Waals surface area contributed by atoms with E-state index in [1.54, 1.807) is 40.7 Å². The number of amides is 4. The molecule has 0 saturated carbocycles. The Balaban J connectivity index is 1.01. The van der Waals surface area contributed by atoms with Crippen molar-refractivity contribution in [1.29, 1.82) is 0 Å². The van der Waals surface area contributed by atoms with Crippen molar-refractivity contribution in [3.8, 4) is 0 Å². The number of thiophene rings is 1. The fourth-order valence-electron chi connectivity index (χ4n) is 7.12. The summed E-state index contributed by atoms with van der Waals surface area (Å²) in [5, 5.41) is 19.6. The van der Waals surface area contributed by atoms with Gasteiger partial charge in [-0.25, -0.2) is 18.8 Å². The van der Waals surface area contributed by atoms with E-state index in [9.17, 15) is 33.9 Å². The molecule has 1 saturated heterocycles. The Labute approximate surface area is 366 Å². The molecule has 18 heteroatoms. The molecular weight excluding hydrogens is 834 g/mol. The summed E-state index contributed by atoms with van der Waals surface area (Å²) in [6, 6.07) is 20.2. The maximum absolute atomic E-state index is 15.4. The molecule has 0 unspecified atom stereocenters. The van der Waals surface area contributed by atoms with E-state index in [1.807, 2.05) is 47.8 Å². The quantitative estimate of drug-likeness (QED) is 0.0696. The van der Waals surface area contributed by atoms with Crippen molar-refractivity contribution >= 4 is 63.6 Å². The van der Waals surface area contributed by atoms with Crippen LogP contribution in [0.3, 0.4) is 0 Å². The van der Waals surface area contributed by atoms with E-state index in [2.05, 4.69) is 16.0 Å². The van der Waals surface area contributed by atoms with Crippen LogP contribution in [0.5, 0.6) is 0 Å². The molecule has 3 aromatic carbocycles. The van der Waals surface area contributed by atoms with Gasteiger partial charge < -0.3 is 50.6 Å². The van der Waals surface area contributed by atoms with Gasteiger partial charge in [-0.2, -0.15) is 0 Å². The lowest BCUT2D eigenvalue weighted by atomic mass is 10.1. The third-order valence-corrected chi connectivity index (χ3v) is 11.5. The van der Waals surface area contributed by atoms with Gasteiger partial charge in [-0.3, -0.25) is 14.4 Å². The average molecular weight is 884 g/mol. The van der Waals surface area contributed by atoms with Gasteiger partial charge in [0.2, 0.25) is 17.2 Å². The minimum absolute atomic E-state index is 0.0215. The Kier molecular flexibility index (Phi) is 15.8. The van der Waals surface area contributed by atoms with Crippen LogP contribution in [-0.2, 0) is 45.2 Å². The minimum atomic E-state index is -1.38. The number of anilines is 2. The molecule has 0 radical (unpaired) electrons. The van der Waals surface area contributed by atoms with E-state index >= 15 is 4.39 Å². The van der Waals surface area contributed by atoms with E-state index in [4.69, 9.17) is 15.2 Å². The number of unbranched alkanes of at least 4 members (excludes halogenated alkanes) is 1. The van der Waals surface area contributed by atoms with Crippen LogP contribution in [-0.4, -0.2) is 89.4 Å². The molecule has 0 bridgehead atoms. The number of nitrogens with two attached hydrogens (primary N) is 1. The highest BCUT2D eigenvalue weighted by molar-refractivity contribution is 7.09. The maximum atomic E-state index is 15.4. The van der Waals surface area contributed by atoms with Gasteiger partial charge in [-0.1, -0.05) is 48.5 Å². The number of halogens is 1. The van der Waals surface area contributed by atoms with Gasteiger partial charge in [0.05, 0.1) is 11.2 Å². The number of piperazine rings is 1. The number of fused-ring (bicyclic) bond motifs is 1. The van der Waals surface area contributed by atoms with Gasteiger partial charge in [0, 0.05) is 61.3 Å². The Hall–Kier alpha value is -6.79. The first-order valence-electron chi connectivity index (χ1n) is 20.6. The summed E-state index contributed by atoms with van der Waals surface area (Å²) in [6.45, 7) is 3.60. The summed E-state index contributed by atoms with van der Waals surface area (Å²) in [5.41, 5.74) is 7.06. The highest BCUT2D eigenvalue weighted by atomic mass is 32.1. The van der Waals surface area contributed by atoms with Gasteiger partial charge in [0.15, 0.2) is 0 Å². The summed E-state index contributed by atoms with van der Waals surface area (Å²) in [4.78, 5) is 81.6. The topological polar surface area (TPSA) is 215 Å². The van der Waals surface area contributed by atoms with E-state index in [-0.39, 0.29) is 56.9 Å². The zero-order chi connectivity index (χ0) is 44.9. The van der Waals surface area contributed by atoms with Crippen molar-refractivity contribution in [3.63, 3.8) is 0 Å². The van der Waals surface area contributed by atoms with Gasteiger partial charge in [-0.15, -0.1) is 11.3 Å². The minimum Gasteiger partial charge on any atom is -0.477 e. The number of alkyl carbamates (subject to hydrolysis) is 1. The standard InChI is InChI=1S/C45H50FN7O9S/c1-2-51-26-34(43(57)58)40(54)33-24-35(46)39(25-38(33)51)52-18-20-53(21-19-52)45(60)62-28-30-13-15-31(16-14-30)48-41(55)36(12-6-7-17-47)49-42(56)37(23-32-11-8-22-63-32)50-44(59)61-27-29-9-4-3-5-10-29/h3-5,8-11,13-16,22,24-26,36-37H,2,6-7,12,17-21,23,27-28,47H2,1H3,(H,48,55)(H,49,56)(H,50,59)(H,57,58)/t36-,37-/m0/s1. The second-order valence-corrected chi connectivity index (χ2v) is 15.9. The third kappa shape index (κ3) is 12.2. The van der Waals surface area contributed by atoms with Gasteiger partial charge >= 0.3 is 18.2 Å². The molecule has 6 rings (SSSR count). The molecule has 332 valence electrons. The molecule has 2 atom stereocenters. The molecule has 0 aliphatic carbocycles. The molecule has 0 spiro atoms. The van der Waals surface area contributed by atoms with E-state index in [0.717, 1.165) is 16.5 Å². The summed E-state index contributed by atoms with van der Waals surface area (Å²) in [6.07, 6.45) is 1.63. The van der Waals surface area contributed by atoms with Crippen LogP contribution >= 0.6 is 11.3 Å². The number of hydrogen-bond acceptors (Lipinski definition) is 11. The molecule has 4 amide bonds. The molecule has 2 aromatic heterocycles. The number of carboxylic acids is 1. The number of aromatic carboxylic acids is 1. The average Bonchev–Trinajstić information content (AvgIpc) is 3.81. The number of carboxylic acid groups (broad SMARTS) is 1. The van der Waals surface area contributed by atoms with Crippen LogP contribution in [0.25, 0.3) is 10.9 Å². The van der Waals surface area contributed by atoms with Crippen LogP contribution in [0.15, 0.2) is 95.2 Å². The Morgan fingerprint density at radius 1 is 0.857 bits per heavy atom. The van der Waals surface area contributed by atoms with Crippen LogP contribution in [0, 0.1) is 5.82 Å². The highest BCUT2D eigenvalue weighted by Gasteiger charge is 2.29. The Morgan fingerprint density at radius 2 is 1.57 bits per heavy atom. The molecule has 1 aliphatic heterocycles. The second kappa shape index (κ2) is 21.8. The monoisotopic (exact) mass is 883 g/mol. The van der Waals surface area contributed by atoms with Crippen LogP contribution in [0.2, 0.25) is 0 Å². The molecule has 16 nitrogen and oxygen atoms in total. The largest absolute Gasteiger partial charge is 0.477 e. The first-order valence-corrected chi connectivity index (χ1v) is 21.5. The molecule has 6 N–H and O–H groups in total. The van der Waals surface area contributed by atoms with Crippen molar-refractivity contribution in [2.24, 2.45) is 5.73 Å². The lowest BCUT2D eigenvalue weighted by Crippen LogP contribution is -2.53. The zero-order valence-electron chi connectivity index (χ0n) is 34.7. The molecule has 5 aromatic rings. The number of aromatic nitrogens is 1. The Bertz CT molecular complexity index is 2440. The first-order chi connectivity index (χ1) is 30.4. The van der Waals surface area contributed by atoms with Crippen LogP contribution in [0.4, 0.5) is 25.4 Å². The molecule has 3 heterocycles. The lowest BCUT2D eigenvalue weighted by molar-refractivity contribution is -0.128. The summed E-state index contributed by atoms with van der Waals surface area (Å²) < 4.78 is 27.9. The van der Waals surface area contributed by atoms with Gasteiger partial charge in [0.25, 0.3) is 0 Å². The van der Waals surface area contributed by atoms with Gasteiger partial charge in [-0.05, 0) is 79.6 Å². The fourth-order valence-corrected chi connectivity index (χ4v) is 7.87. The van der Waals surface area contributed by atoms with E-state index in [1.165, 1.54) is 28.5 Å². The van der Waals surface area contributed by atoms with Crippen molar-refractivity contribution in [3.05, 3.63) is 128 Å². The maximum Gasteiger partial charge on any atom is 0.410 e. The van der Waals surface area contributed by atoms with Crippen LogP contribution < -0.4 is 32.0 Å². The zero-order valence-corrected chi connectivity index (χ0v) is 35.5. The summed E-state index contributed by atoms with van der Waals surface area (Å²) in [7, 11) is 0. The summed E-state index contributed by atoms with van der Waals surface area (Å²) in [5.74, 6) is -3.06. The molecule has 1 fully saturated rings. The highest BCUT2D eigenvalue weighted by Crippen LogP contribution is 2.27. The number of benzene rings is 3. The number of hydrogen-bond donors (Lipinski definition) is 5. The Morgan fingerprint density at radius 3 is 2.24 bits per heavy atom. The fraction of sp³-hybridized carbons (Fsp3) is 0.333. The van der Waals surface area contributed by atoms with Crippen molar-refractivity contribution in [2.45, 2.75) is 64.4 Å². The SMILES string of the molecule is CCn1cc(C(=O)O)c(=O)c2cc(F)c(N3CCN(C(=O)OCc4ccc(NC(=O)[C@H](CCCCN)NC(=O)[C@H](Cc5cccs5)NC(=O)OCc5ccccc5)cc4)CC3)cc21. The summed E-state index contributed by atoms with van der Waals surface area (Å²) >= 11 is 1.44. The predicted molar refractivity (Wildman–Crippen MR) is 236 cm³/mol. The number of carbonyl (C=O) groups is 5. The van der Waals surface area contributed by atoms with Gasteiger partial charge in [0.1, 0.15) is 36.7 Å². The van der Waals surface area contributed by atoms with E-state index < -0.39 is 58.9 Å². The second-order valence-electron chi connectivity index (χ2n) is 14.9. The molecule has 1 aliphatic rings. The number of carbonyl (C=O) groups excluding carboxylic acids is 4. The number of pyridine rings is 1. The number of rotatable bonds is 18. The third-order valence-electron chi connectivity index (χ3n) is 10.6. The van der Waals surface area contributed by atoms with Crippen molar-refractivity contribution < 1.29 is 42.9 Å².